The summed E-state index contributed by atoms with van der Waals surface area (Å²) in [7, 11) is 0. The van der Waals surface area contributed by atoms with E-state index in [9.17, 15) is 0 Å². The third kappa shape index (κ3) is 7.92. The van der Waals surface area contributed by atoms with E-state index in [1.807, 2.05) is 24.3 Å². The van der Waals surface area contributed by atoms with Crippen LogP contribution in [0.2, 0.25) is 5.02 Å². The number of anilines is 2. The van der Waals surface area contributed by atoms with Crippen molar-refractivity contribution in [1.29, 1.82) is 0 Å². The molecule has 34 heavy (non-hydrogen) atoms. The summed E-state index contributed by atoms with van der Waals surface area (Å²) in [6.45, 7) is 9.96. The Balaban J connectivity index is 1.73. The Morgan fingerprint density at radius 3 is 2.09 bits per heavy atom. The van der Waals surface area contributed by atoms with Crippen molar-refractivity contribution in [3.8, 4) is 11.4 Å². The molecule has 182 valence electrons. The van der Waals surface area contributed by atoms with Gasteiger partial charge in [-0.15, -0.1) is 0 Å². The Hall–Kier alpha value is -2.78. The minimum atomic E-state index is 0.492. The van der Waals surface area contributed by atoms with Crippen molar-refractivity contribution in [3.05, 3.63) is 63.7 Å². The molecule has 4 N–H and O–H groups in total. The van der Waals surface area contributed by atoms with E-state index in [4.69, 9.17) is 36.8 Å². The lowest BCUT2D eigenvalue weighted by atomic mass is 9.99. The highest BCUT2D eigenvalue weighted by molar-refractivity contribution is 6.30. The number of hydrogen-bond acceptors (Lipinski definition) is 8. The number of hydrogen-bond donors (Lipinski definition) is 3. The molecule has 0 radical (unpaired) electrons. The van der Waals surface area contributed by atoms with Gasteiger partial charge in [0.25, 0.3) is 0 Å². The zero-order valence-electron chi connectivity index (χ0n) is 20.0. The molecule has 0 aliphatic rings. The van der Waals surface area contributed by atoms with Gasteiger partial charge in [0.2, 0.25) is 11.9 Å². The molecule has 3 rings (SSSR count). The Labute approximate surface area is 206 Å². The SMILES string of the molecule is Cc1cc(C)c(-c2nc(NCCOCCOCCN)nc(NCc3ccc(Cl)cc3)n2)c(C)c1. The van der Waals surface area contributed by atoms with E-state index in [1.165, 1.54) is 5.56 Å². The summed E-state index contributed by atoms with van der Waals surface area (Å²) >= 11 is 6.00. The van der Waals surface area contributed by atoms with Crippen molar-refractivity contribution in [1.82, 2.24) is 15.0 Å². The lowest BCUT2D eigenvalue weighted by Crippen LogP contribution is -2.16. The number of nitrogens with two attached hydrogens (primary N) is 1. The van der Waals surface area contributed by atoms with Crippen LogP contribution in [0.1, 0.15) is 22.3 Å². The standard InChI is InChI=1S/C25H33ClN6O2/c1-17-14-18(2)22(19(3)15-17)23-30-24(28-9-11-34-13-12-33-10-8-27)32-25(31-23)29-16-20-4-6-21(26)7-5-20/h4-7,14-15H,8-13,16,27H2,1-3H3,(H2,28,29,30,31,32). The van der Waals surface area contributed by atoms with E-state index < -0.39 is 0 Å². The molecule has 0 aliphatic heterocycles. The molecule has 0 unspecified atom stereocenters. The van der Waals surface area contributed by atoms with Gasteiger partial charge < -0.3 is 25.8 Å². The molecule has 0 amide bonds. The highest BCUT2D eigenvalue weighted by Gasteiger charge is 2.14. The van der Waals surface area contributed by atoms with Crippen LogP contribution in [0.25, 0.3) is 11.4 Å². The summed E-state index contributed by atoms with van der Waals surface area (Å²) in [5, 5.41) is 7.26. The first-order valence-corrected chi connectivity index (χ1v) is 11.8. The third-order valence-electron chi connectivity index (χ3n) is 5.06. The highest BCUT2D eigenvalue weighted by atomic mass is 35.5. The third-order valence-corrected chi connectivity index (χ3v) is 5.32. The summed E-state index contributed by atoms with van der Waals surface area (Å²) in [5.41, 5.74) is 10.9. The first-order chi connectivity index (χ1) is 16.5. The van der Waals surface area contributed by atoms with Gasteiger partial charge in [0.15, 0.2) is 5.82 Å². The second kappa shape index (κ2) is 13.2. The van der Waals surface area contributed by atoms with Crippen LogP contribution in [0, 0.1) is 20.8 Å². The summed E-state index contributed by atoms with van der Waals surface area (Å²) in [6, 6.07) is 12.0. The van der Waals surface area contributed by atoms with E-state index in [2.05, 4.69) is 48.5 Å². The minimum absolute atomic E-state index is 0.492. The molecule has 0 bridgehead atoms. The largest absolute Gasteiger partial charge is 0.378 e. The van der Waals surface area contributed by atoms with Crippen LogP contribution in [-0.2, 0) is 16.0 Å². The molecule has 8 nitrogen and oxygen atoms in total. The second-order valence-electron chi connectivity index (χ2n) is 8.00. The first-order valence-electron chi connectivity index (χ1n) is 11.4. The molecule has 1 heterocycles. The van der Waals surface area contributed by atoms with Gasteiger partial charge in [-0.25, -0.2) is 0 Å². The van der Waals surface area contributed by atoms with E-state index in [0.717, 1.165) is 22.3 Å². The molecule has 3 aromatic rings. The molecule has 0 atom stereocenters. The van der Waals surface area contributed by atoms with Crippen molar-refractivity contribution in [2.75, 3.05) is 50.2 Å². The number of ether oxygens (including phenoxy) is 2. The minimum Gasteiger partial charge on any atom is -0.378 e. The Morgan fingerprint density at radius 2 is 1.44 bits per heavy atom. The van der Waals surface area contributed by atoms with Crippen LogP contribution in [0.15, 0.2) is 36.4 Å². The molecular weight excluding hydrogens is 452 g/mol. The van der Waals surface area contributed by atoms with Gasteiger partial charge >= 0.3 is 0 Å². The van der Waals surface area contributed by atoms with Crippen molar-refractivity contribution < 1.29 is 9.47 Å². The highest BCUT2D eigenvalue weighted by Crippen LogP contribution is 2.27. The number of benzene rings is 2. The van der Waals surface area contributed by atoms with E-state index in [0.29, 0.717) is 68.8 Å². The predicted octanol–water partition coefficient (Wildman–Crippen LogP) is 4.13. The van der Waals surface area contributed by atoms with Gasteiger partial charge in [0.05, 0.1) is 26.4 Å². The number of aromatic nitrogens is 3. The number of nitrogens with zero attached hydrogens (tertiary/aromatic N) is 3. The van der Waals surface area contributed by atoms with Gasteiger partial charge in [-0.2, -0.15) is 15.0 Å². The maximum Gasteiger partial charge on any atom is 0.228 e. The van der Waals surface area contributed by atoms with Crippen LogP contribution in [0.3, 0.4) is 0 Å². The normalized spacial score (nSPS) is 11.0. The zero-order chi connectivity index (χ0) is 24.3. The van der Waals surface area contributed by atoms with Gasteiger partial charge in [0.1, 0.15) is 0 Å². The quantitative estimate of drug-likeness (QED) is 0.311. The van der Waals surface area contributed by atoms with Gasteiger partial charge in [-0.3, -0.25) is 0 Å². The molecular formula is C25H33ClN6O2. The van der Waals surface area contributed by atoms with E-state index in [1.54, 1.807) is 0 Å². The Bertz CT molecular complexity index is 1040. The summed E-state index contributed by atoms with van der Waals surface area (Å²) < 4.78 is 10.9. The van der Waals surface area contributed by atoms with Crippen LogP contribution < -0.4 is 16.4 Å². The number of halogens is 1. The van der Waals surface area contributed by atoms with E-state index >= 15 is 0 Å². The molecule has 1 aromatic heterocycles. The monoisotopic (exact) mass is 484 g/mol. The lowest BCUT2D eigenvalue weighted by molar-refractivity contribution is 0.0547. The number of rotatable bonds is 13. The number of nitrogens with one attached hydrogen (secondary N) is 2. The van der Waals surface area contributed by atoms with Gasteiger partial charge in [-0.1, -0.05) is 41.4 Å². The maximum absolute atomic E-state index is 6.00. The second-order valence-corrected chi connectivity index (χ2v) is 8.44. The fraction of sp³-hybridized carbons (Fsp3) is 0.400. The van der Waals surface area contributed by atoms with Crippen molar-refractivity contribution in [2.24, 2.45) is 5.73 Å². The molecule has 0 saturated carbocycles. The van der Waals surface area contributed by atoms with Gasteiger partial charge in [0, 0.05) is 30.2 Å². The van der Waals surface area contributed by atoms with Crippen molar-refractivity contribution in [3.63, 3.8) is 0 Å². The van der Waals surface area contributed by atoms with E-state index in [-0.39, 0.29) is 0 Å². The summed E-state index contributed by atoms with van der Waals surface area (Å²) in [6.07, 6.45) is 0. The molecule has 0 fully saturated rings. The van der Waals surface area contributed by atoms with Crippen LogP contribution in [-0.4, -0.2) is 54.5 Å². The Morgan fingerprint density at radius 1 is 0.824 bits per heavy atom. The smallest absolute Gasteiger partial charge is 0.228 e. The predicted molar refractivity (Wildman–Crippen MR) is 137 cm³/mol. The molecule has 0 saturated heterocycles. The number of aryl methyl sites for hydroxylation is 3. The Kier molecular flexibility index (Phi) is 10.0. The van der Waals surface area contributed by atoms with Crippen LogP contribution in [0.5, 0.6) is 0 Å². The average Bonchev–Trinajstić information content (AvgIpc) is 2.80. The average molecular weight is 485 g/mol. The molecule has 0 aliphatic carbocycles. The zero-order valence-corrected chi connectivity index (χ0v) is 20.8. The van der Waals surface area contributed by atoms with Crippen molar-refractivity contribution >= 4 is 23.5 Å². The first kappa shape index (κ1) is 25.8. The summed E-state index contributed by atoms with van der Waals surface area (Å²) in [5.74, 6) is 1.62. The molecule has 0 spiro atoms. The maximum atomic E-state index is 6.00. The fourth-order valence-electron chi connectivity index (χ4n) is 3.60. The van der Waals surface area contributed by atoms with Crippen molar-refractivity contribution in [2.45, 2.75) is 27.3 Å². The molecule has 2 aromatic carbocycles. The summed E-state index contributed by atoms with van der Waals surface area (Å²) in [4.78, 5) is 14.0. The van der Waals surface area contributed by atoms with Crippen LogP contribution >= 0.6 is 11.6 Å². The van der Waals surface area contributed by atoms with Gasteiger partial charge in [-0.05, 0) is 49.6 Å². The lowest BCUT2D eigenvalue weighted by Gasteiger charge is -2.14. The fourth-order valence-corrected chi connectivity index (χ4v) is 3.73. The van der Waals surface area contributed by atoms with Crippen LogP contribution in [0.4, 0.5) is 11.9 Å². The topological polar surface area (TPSA) is 107 Å². The molecule has 9 heteroatoms.